The second-order valence-corrected chi connectivity index (χ2v) is 7.95. The maximum absolute atomic E-state index is 6.06. The maximum atomic E-state index is 6.06. The van der Waals surface area contributed by atoms with Crippen molar-refractivity contribution >= 4 is 35.6 Å². The zero-order chi connectivity index (χ0) is 20.5. The lowest BCUT2D eigenvalue weighted by Crippen LogP contribution is -2.36. The molecular formula is C24H35IN4O. The predicted molar refractivity (Wildman–Crippen MR) is 137 cm³/mol. The number of rotatable bonds is 8. The van der Waals surface area contributed by atoms with Crippen LogP contribution in [-0.2, 0) is 11.3 Å². The maximum Gasteiger partial charge on any atom is 0.193 e. The van der Waals surface area contributed by atoms with E-state index in [0.717, 1.165) is 51.2 Å². The third-order valence-corrected chi connectivity index (χ3v) is 5.22. The van der Waals surface area contributed by atoms with Crippen molar-refractivity contribution in [3.63, 3.8) is 0 Å². The van der Waals surface area contributed by atoms with Gasteiger partial charge in [-0.25, -0.2) is 0 Å². The van der Waals surface area contributed by atoms with Crippen molar-refractivity contribution in [1.29, 1.82) is 0 Å². The van der Waals surface area contributed by atoms with Gasteiger partial charge in [0.15, 0.2) is 5.96 Å². The average molecular weight is 522 g/mol. The van der Waals surface area contributed by atoms with Gasteiger partial charge in [-0.05, 0) is 61.9 Å². The van der Waals surface area contributed by atoms with Gasteiger partial charge in [0.25, 0.3) is 0 Å². The predicted octanol–water partition coefficient (Wildman–Crippen LogP) is 4.72. The first-order valence-electron chi connectivity index (χ1n) is 10.6. The molecule has 1 saturated heterocycles. The Hall–Kier alpha value is -1.64. The van der Waals surface area contributed by atoms with E-state index in [-0.39, 0.29) is 24.0 Å². The third kappa shape index (κ3) is 8.62. The molecule has 5 nitrogen and oxygen atoms in total. The molecule has 2 aromatic carbocycles. The van der Waals surface area contributed by atoms with Crippen molar-refractivity contribution in [2.45, 2.75) is 45.8 Å². The topological polar surface area (TPSA) is 62.9 Å². The Morgan fingerprint density at radius 3 is 2.43 bits per heavy atom. The Morgan fingerprint density at radius 1 is 1.10 bits per heavy atom. The van der Waals surface area contributed by atoms with E-state index in [4.69, 9.17) is 10.5 Å². The van der Waals surface area contributed by atoms with Crippen molar-refractivity contribution < 1.29 is 4.74 Å². The van der Waals surface area contributed by atoms with E-state index >= 15 is 0 Å². The minimum atomic E-state index is 0. The first kappa shape index (κ1) is 24.6. The van der Waals surface area contributed by atoms with Crippen LogP contribution in [0.3, 0.4) is 0 Å². The number of nitrogens with one attached hydrogen (secondary N) is 1. The Balaban J connectivity index is 0.00000320. The summed E-state index contributed by atoms with van der Waals surface area (Å²) in [4.78, 5) is 6.93. The van der Waals surface area contributed by atoms with E-state index in [1.54, 1.807) is 0 Å². The summed E-state index contributed by atoms with van der Waals surface area (Å²) in [5.74, 6) is 0.462. The number of ether oxygens (including phenoxy) is 1. The number of aliphatic imine (C=N–C) groups is 1. The highest BCUT2D eigenvalue weighted by Crippen LogP contribution is 2.16. The quantitative estimate of drug-likeness (QED) is 0.228. The van der Waals surface area contributed by atoms with Crippen LogP contribution in [0.2, 0.25) is 0 Å². The molecule has 3 N–H and O–H groups in total. The van der Waals surface area contributed by atoms with E-state index in [2.05, 4.69) is 77.6 Å². The molecule has 164 valence electrons. The van der Waals surface area contributed by atoms with Crippen LogP contribution in [0, 0.1) is 13.8 Å². The van der Waals surface area contributed by atoms with Gasteiger partial charge in [-0.3, -0.25) is 9.89 Å². The first-order valence-corrected chi connectivity index (χ1v) is 10.6. The van der Waals surface area contributed by atoms with E-state index in [1.807, 2.05) is 0 Å². The minimum Gasteiger partial charge on any atom is -0.378 e. The second-order valence-electron chi connectivity index (χ2n) is 7.95. The van der Waals surface area contributed by atoms with Gasteiger partial charge < -0.3 is 15.8 Å². The average Bonchev–Trinajstić information content (AvgIpc) is 2.69. The van der Waals surface area contributed by atoms with Gasteiger partial charge >= 0.3 is 0 Å². The number of hydrogen-bond acceptors (Lipinski definition) is 3. The second kappa shape index (κ2) is 12.9. The SMILES string of the molecule is Cc1cc(C)cc(NC(N)=NCCCOC2CCN(Cc3ccccc3)CC2)c1.I. The van der Waals surface area contributed by atoms with Gasteiger partial charge in [-0.2, -0.15) is 0 Å². The van der Waals surface area contributed by atoms with Crippen LogP contribution in [0.4, 0.5) is 5.69 Å². The highest BCUT2D eigenvalue weighted by molar-refractivity contribution is 14.0. The molecule has 0 bridgehead atoms. The molecule has 30 heavy (non-hydrogen) atoms. The smallest absolute Gasteiger partial charge is 0.193 e. The number of halogens is 1. The van der Waals surface area contributed by atoms with Crippen molar-refractivity contribution in [2.75, 3.05) is 31.6 Å². The Morgan fingerprint density at radius 2 is 1.77 bits per heavy atom. The number of piperidine rings is 1. The minimum absolute atomic E-state index is 0. The molecule has 0 unspecified atom stereocenters. The number of benzene rings is 2. The zero-order valence-electron chi connectivity index (χ0n) is 18.1. The molecule has 0 radical (unpaired) electrons. The molecule has 0 aromatic heterocycles. The van der Waals surface area contributed by atoms with Crippen LogP contribution in [0.25, 0.3) is 0 Å². The number of guanidine groups is 1. The molecular weight excluding hydrogens is 487 g/mol. The number of anilines is 1. The highest BCUT2D eigenvalue weighted by Gasteiger charge is 2.19. The van der Waals surface area contributed by atoms with Crippen LogP contribution in [0.15, 0.2) is 53.5 Å². The summed E-state index contributed by atoms with van der Waals surface area (Å²) >= 11 is 0. The van der Waals surface area contributed by atoms with Crippen LogP contribution >= 0.6 is 24.0 Å². The summed E-state index contributed by atoms with van der Waals surface area (Å²) in [5, 5.41) is 3.17. The van der Waals surface area contributed by atoms with Crippen molar-refractivity contribution in [3.05, 3.63) is 65.2 Å². The lowest BCUT2D eigenvalue weighted by atomic mass is 10.1. The van der Waals surface area contributed by atoms with Gasteiger partial charge in [0.1, 0.15) is 0 Å². The van der Waals surface area contributed by atoms with Gasteiger partial charge in [-0.1, -0.05) is 36.4 Å². The van der Waals surface area contributed by atoms with E-state index in [0.29, 0.717) is 18.6 Å². The molecule has 0 aliphatic carbocycles. The molecule has 0 atom stereocenters. The molecule has 0 spiro atoms. The summed E-state index contributed by atoms with van der Waals surface area (Å²) in [5.41, 5.74) is 10.8. The van der Waals surface area contributed by atoms with Crippen LogP contribution in [0.5, 0.6) is 0 Å². The molecule has 1 aliphatic heterocycles. The fraction of sp³-hybridized carbons (Fsp3) is 0.458. The monoisotopic (exact) mass is 522 g/mol. The molecule has 2 aromatic rings. The Kier molecular flexibility index (Phi) is 10.6. The normalized spacial score (nSPS) is 15.6. The fourth-order valence-electron chi connectivity index (χ4n) is 3.82. The molecule has 3 rings (SSSR count). The largest absolute Gasteiger partial charge is 0.378 e. The Labute approximate surface area is 198 Å². The van der Waals surface area contributed by atoms with Crippen molar-refractivity contribution in [1.82, 2.24) is 4.90 Å². The third-order valence-electron chi connectivity index (χ3n) is 5.22. The highest BCUT2D eigenvalue weighted by atomic mass is 127. The van der Waals surface area contributed by atoms with Crippen LogP contribution < -0.4 is 11.1 Å². The molecule has 1 fully saturated rings. The number of nitrogens with zero attached hydrogens (tertiary/aromatic N) is 2. The fourth-order valence-corrected chi connectivity index (χ4v) is 3.82. The van der Waals surface area contributed by atoms with Crippen LogP contribution in [-0.4, -0.2) is 43.2 Å². The van der Waals surface area contributed by atoms with E-state index in [1.165, 1.54) is 16.7 Å². The number of hydrogen-bond donors (Lipinski definition) is 2. The standard InChI is InChI=1S/C24H34N4O.HI/c1-19-15-20(2)17-22(16-19)27-24(25)26-11-6-14-29-23-9-12-28(13-10-23)18-21-7-4-3-5-8-21;/h3-5,7-8,15-17,23H,6,9-14,18H2,1-2H3,(H3,25,26,27);1H. The van der Waals surface area contributed by atoms with Gasteiger partial charge in [0, 0.05) is 38.5 Å². The lowest BCUT2D eigenvalue weighted by molar-refractivity contribution is 0.00566. The number of aryl methyl sites for hydroxylation is 2. The number of likely N-dealkylation sites (tertiary alicyclic amines) is 1. The summed E-state index contributed by atoms with van der Waals surface area (Å²) < 4.78 is 6.06. The van der Waals surface area contributed by atoms with Crippen molar-refractivity contribution in [3.8, 4) is 0 Å². The molecule has 1 aliphatic rings. The van der Waals surface area contributed by atoms with E-state index < -0.39 is 0 Å². The summed E-state index contributed by atoms with van der Waals surface area (Å²) in [7, 11) is 0. The number of nitrogens with two attached hydrogens (primary N) is 1. The summed E-state index contributed by atoms with van der Waals surface area (Å²) in [6, 6.07) is 17.0. The molecule has 6 heteroatoms. The van der Waals surface area contributed by atoms with Crippen LogP contribution in [0.1, 0.15) is 36.0 Å². The van der Waals surface area contributed by atoms with Gasteiger partial charge in [0.05, 0.1) is 6.10 Å². The van der Waals surface area contributed by atoms with Gasteiger partial charge in [-0.15, -0.1) is 24.0 Å². The van der Waals surface area contributed by atoms with Gasteiger partial charge in [0.2, 0.25) is 0 Å². The van der Waals surface area contributed by atoms with Crippen molar-refractivity contribution in [2.24, 2.45) is 10.7 Å². The zero-order valence-corrected chi connectivity index (χ0v) is 20.5. The Bertz CT molecular complexity index is 769. The molecule has 0 saturated carbocycles. The van der Waals surface area contributed by atoms with E-state index in [9.17, 15) is 0 Å². The summed E-state index contributed by atoms with van der Waals surface area (Å²) in [6.07, 6.45) is 3.47. The summed E-state index contributed by atoms with van der Waals surface area (Å²) in [6.45, 7) is 8.81. The molecule has 1 heterocycles. The first-order chi connectivity index (χ1) is 14.1. The lowest BCUT2D eigenvalue weighted by Gasteiger charge is -2.31. The molecule has 0 amide bonds.